The van der Waals surface area contributed by atoms with Crippen LogP contribution < -0.4 is 5.73 Å². The molecule has 1 rings (SSSR count). The Kier molecular flexibility index (Phi) is 7.00. The predicted octanol–water partition coefficient (Wildman–Crippen LogP) is -2.34. The van der Waals surface area contributed by atoms with Gasteiger partial charge >= 0.3 is 5.97 Å². The van der Waals surface area contributed by atoms with Gasteiger partial charge in [-0.1, -0.05) is 0 Å². The van der Waals surface area contributed by atoms with Gasteiger partial charge in [-0.05, 0) is 6.92 Å². The first-order chi connectivity index (χ1) is 7.88. The minimum Gasteiger partial charge on any atom is -0.479 e. The molecule has 0 spiro atoms. The van der Waals surface area contributed by atoms with Crippen LogP contribution in [0.3, 0.4) is 0 Å². The standard InChI is InChI=1S/C9H17NO7.ClH/c1-3(8(13)14)16-7-5(10)9(15)17-4(2-11)6(7)12;/h3-7,9,11-12,15H,2,10H2,1H3,(H,13,14);1H/t3-,4-,5-,6-,7-,9?;/m1./s1. The van der Waals surface area contributed by atoms with Gasteiger partial charge in [-0.25, -0.2) is 4.79 Å². The zero-order chi connectivity index (χ0) is 13.2. The van der Waals surface area contributed by atoms with Gasteiger partial charge in [0.25, 0.3) is 0 Å². The Morgan fingerprint density at radius 1 is 1.50 bits per heavy atom. The Balaban J connectivity index is 0.00000289. The number of ether oxygens (including phenoxy) is 2. The Bertz CT molecular complexity index is 280. The van der Waals surface area contributed by atoms with Gasteiger partial charge in [0.1, 0.15) is 18.3 Å². The number of carbonyl (C=O) groups is 1. The second-order valence-electron chi connectivity index (χ2n) is 3.90. The fraction of sp³-hybridized carbons (Fsp3) is 0.889. The van der Waals surface area contributed by atoms with E-state index in [1.807, 2.05) is 0 Å². The zero-order valence-corrected chi connectivity index (χ0v) is 10.5. The number of nitrogens with two attached hydrogens (primary N) is 1. The van der Waals surface area contributed by atoms with Crippen LogP contribution >= 0.6 is 12.4 Å². The average molecular weight is 288 g/mol. The summed E-state index contributed by atoms with van der Waals surface area (Å²) in [5.41, 5.74) is 5.54. The van der Waals surface area contributed by atoms with E-state index < -0.39 is 49.3 Å². The Morgan fingerprint density at radius 3 is 2.50 bits per heavy atom. The second-order valence-corrected chi connectivity index (χ2v) is 3.90. The molecule has 0 aromatic rings. The van der Waals surface area contributed by atoms with Gasteiger partial charge in [-0.3, -0.25) is 0 Å². The number of carboxylic acids is 1. The maximum absolute atomic E-state index is 10.6. The average Bonchev–Trinajstić information content (AvgIpc) is 2.28. The Hall–Kier alpha value is -0.480. The number of aliphatic carboxylic acids is 1. The summed E-state index contributed by atoms with van der Waals surface area (Å²) in [6, 6.07) is -1.09. The third kappa shape index (κ3) is 3.75. The van der Waals surface area contributed by atoms with Gasteiger partial charge in [0.15, 0.2) is 12.4 Å². The van der Waals surface area contributed by atoms with Crippen molar-refractivity contribution in [3.05, 3.63) is 0 Å². The number of hydrogen-bond donors (Lipinski definition) is 5. The van der Waals surface area contributed by atoms with E-state index in [1.165, 1.54) is 6.92 Å². The molecule has 9 heteroatoms. The lowest BCUT2D eigenvalue weighted by molar-refractivity contribution is -0.262. The van der Waals surface area contributed by atoms with Crippen molar-refractivity contribution in [2.24, 2.45) is 5.73 Å². The number of carboxylic acid groups (broad SMARTS) is 1. The Labute approximate surface area is 110 Å². The summed E-state index contributed by atoms with van der Waals surface area (Å²) in [6.45, 7) is 0.740. The highest BCUT2D eigenvalue weighted by molar-refractivity contribution is 5.85. The van der Waals surface area contributed by atoms with Gasteiger partial charge < -0.3 is 35.6 Å². The summed E-state index contributed by atoms with van der Waals surface area (Å²) >= 11 is 0. The fourth-order valence-corrected chi connectivity index (χ4v) is 1.57. The van der Waals surface area contributed by atoms with E-state index in [0.29, 0.717) is 0 Å². The quantitative estimate of drug-likeness (QED) is 0.387. The number of rotatable bonds is 4. The van der Waals surface area contributed by atoms with Crippen LogP contribution in [0, 0.1) is 0 Å². The highest BCUT2D eigenvalue weighted by Gasteiger charge is 2.44. The van der Waals surface area contributed by atoms with Crippen molar-refractivity contribution >= 4 is 18.4 Å². The zero-order valence-electron chi connectivity index (χ0n) is 9.67. The predicted molar refractivity (Wildman–Crippen MR) is 61.2 cm³/mol. The molecule has 8 nitrogen and oxygen atoms in total. The van der Waals surface area contributed by atoms with Crippen molar-refractivity contribution in [1.82, 2.24) is 0 Å². The number of halogens is 1. The fourth-order valence-electron chi connectivity index (χ4n) is 1.57. The summed E-state index contributed by atoms with van der Waals surface area (Å²) in [5, 5.41) is 36.8. The number of hydrogen-bond acceptors (Lipinski definition) is 7. The molecule has 0 aliphatic carbocycles. The lowest BCUT2D eigenvalue weighted by Crippen LogP contribution is -2.63. The van der Waals surface area contributed by atoms with Gasteiger partial charge in [-0.2, -0.15) is 0 Å². The largest absolute Gasteiger partial charge is 0.479 e. The van der Waals surface area contributed by atoms with Gasteiger partial charge in [0.2, 0.25) is 0 Å². The van der Waals surface area contributed by atoms with Crippen LogP contribution in [-0.2, 0) is 14.3 Å². The van der Waals surface area contributed by atoms with Gasteiger partial charge in [-0.15, -0.1) is 12.4 Å². The molecule has 1 fully saturated rings. The van der Waals surface area contributed by atoms with Crippen molar-refractivity contribution in [3.63, 3.8) is 0 Å². The first-order valence-electron chi connectivity index (χ1n) is 5.14. The van der Waals surface area contributed by atoms with Crippen molar-refractivity contribution in [3.8, 4) is 0 Å². The minimum atomic E-state index is -1.43. The highest BCUT2D eigenvalue weighted by Crippen LogP contribution is 2.22. The van der Waals surface area contributed by atoms with Crippen LogP contribution in [0.4, 0.5) is 0 Å². The molecule has 0 radical (unpaired) electrons. The van der Waals surface area contributed by atoms with E-state index in [-0.39, 0.29) is 12.4 Å². The molecule has 18 heavy (non-hydrogen) atoms. The molecule has 1 aliphatic heterocycles. The molecule has 1 aliphatic rings. The molecule has 6 N–H and O–H groups in total. The lowest BCUT2D eigenvalue weighted by atomic mass is 9.97. The number of aliphatic hydroxyl groups excluding tert-OH is 3. The van der Waals surface area contributed by atoms with Gasteiger partial charge in [0.05, 0.1) is 12.6 Å². The van der Waals surface area contributed by atoms with Crippen molar-refractivity contribution in [1.29, 1.82) is 0 Å². The van der Waals surface area contributed by atoms with E-state index >= 15 is 0 Å². The molecule has 0 bridgehead atoms. The molecule has 108 valence electrons. The molecular weight excluding hydrogens is 270 g/mol. The normalized spacial score (nSPS) is 37.7. The van der Waals surface area contributed by atoms with Crippen LogP contribution in [0.1, 0.15) is 6.92 Å². The molecule has 1 heterocycles. The van der Waals surface area contributed by atoms with E-state index in [0.717, 1.165) is 0 Å². The first kappa shape index (κ1) is 17.5. The maximum atomic E-state index is 10.6. The third-order valence-electron chi connectivity index (χ3n) is 2.63. The van der Waals surface area contributed by atoms with Crippen LogP contribution in [0.15, 0.2) is 0 Å². The molecule has 0 amide bonds. The summed E-state index contributed by atoms with van der Waals surface area (Å²) in [4.78, 5) is 10.6. The molecule has 1 unspecified atom stereocenters. The monoisotopic (exact) mass is 287 g/mol. The summed E-state index contributed by atoms with van der Waals surface area (Å²) in [5.74, 6) is -1.22. The molecule has 0 aromatic heterocycles. The van der Waals surface area contributed by atoms with Crippen LogP contribution in [0.2, 0.25) is 0 Å². The van der Waals surface area contributed by atoms with E-state index in [4.69, 9.17) is 25.4 Å². The summed E-state index contributed by atoms with van der Waals surface area (Å²) < 4.78 is 9.89. The first-order valence-corrected chi connectivity index (χ1v) is 5.14. The summed E-state index contributed by atoms with van der Waals surface area (Å²) in [7, 11) is 0. The van der Waals surface area contributed by atoms with Crippen molar-refractivity contribution in [2.75, 3.05) is 6.61 Å². The topological polar surface area (TPSA) is 142 Å². The highest BCUT2D eigenvalue weighted by atomic mass is 35.5. The Morgan fingerprint density at radius 2 is 2.06 bits per heavy atom. The minimum absolute atomic E-state index is 0. The molecular formula is C9H18ClNO7. The van der Waals surface area contributed by atoms with E-state index in [1.54, 1.807) is 0 Å². The summed E-state index contributed by atoms with van der Waals surface area (Å²) in [6.07, 6.45) is -6.11. The van der Waals surface area contributed by atoms with E-state index in [2.05, 4.69) is 0 Å². The lowest BCUT2D eigenvalue weighted by Gasteiger charge is -2.41. The third-order valence-corrected chi connectivity index (χ3v) is 2.63. The van der Waals surface area contributed by atoms with Gasteiger partial charge in [0, 0.05) is 0 Å². The van der Waals surface area contributed by atoms with Crippen LogP contribution in [-0.4, -0.2) is 69.8 Å². The SMILES string of the molecule is C[C@@H](O[C@H]1[C@H](O)[C@@H](CO)OC(O)[C@@H]1N)C(=O)O.Cl. The van der Waals surface area contributed by atoms with Crippen LogP contribution in [0.5, 0.6) is 0 Å². The molecule has 0 saturated carbocycles. The smallest absolute Gasteiger partial charge is 0.332 e. The van der Waals surface area contributed by atoms with Crippen LogP contribution in [0.25, 0.3) is 0 Å². The van der Waals surface area contributed by atoms with E-state index in [9.17, 15) is 15.0 Å². The maximum Gasteiger partial charge on any atom is 0.332 e. The second kappa shape index (κ2) is 7.19. The van der Waals surface area contributed by atoms with Crippen molar-refractivity contribution < 1.29 is 34.7 Å². The molecule has 6 atom stereocenters. The molecule has 1 saturated heterocycles. The van der Waals surface area contributed by atoms with Crippen molar-refractivity contribution in [2.45, 2.75) is 43.7 Å². The number of aliphatic hydroxyl groups is 3. The molecule has 0 aromatic carbocycles.